The highest BCUT2D eigenvalue weighted by atomic mass is 19.4. The van der Waals surface area contributed by atoms with Crippen LogP contribution in [0.15, 0.2) is 71.2 Å². The summed E-state index contributed by atoms with van der Waals surface area (Å²) in [7, 11) is 1.44. The van der Waals surface area contributed by atoms with Crippen molar-refractivity contribution in [3.05, 3.63) is 93.4 Å². The second kappa shape index (κ2) is 12.5. The van der Waals surface area contributed by atoms with Gasteiger partial charge in [0.1, 0.15) is 12.3 Å². The number of alkyl halides is 6. The van der Waals surface area contributed by atoms with E-state index in [0.29, 0.717) is 59.5 Å². The van der Waals surface area contributed by atoms with Gasteiger partial charge in [0.25, 0.3) is 0 Å². The lowest BCUT2D eigenvalue weighted by Gasteiger charge is -2.30. The molecule has 0 radical (unpaired) electrons. The molecule has 3 aliphatic rings. The van der Waals surface area contributed by atoms with Gasteiger partial charge in [-0.2, -0.15) is 30.9 Å². The average Bonchev–Trinajstić information content (AvgIpc) is 3.34. The van der Waals surface area contributed by atoms with E-state index in [1.54, 1.807) is 32.1 Å². The van der Waals surface area contributed by atoms with Crippen molar-refractivity contribution >= 4 is 22.9 Å². The highest BCUT2D eigenvalue weighted by Crippen LogP contribution is 2.52. The molecule has 0 spiro atoms. The molecule has 49 heavy (non-hydrogen) atoms. The topological polar surface area (TPSA) is 32.5 Å². The number of benzene rings is 2. The molecule has 2 aromatic carbocycles. The Morgan fingerprint density at radius 3 is 2.10 bits per heavy atom. The van der Waals surface area contributed by atoms with Gasteiger partial charge in [-0.15, -0.1) is 0 Å². The summed E-state index contributed by atoms with van der Waals surface area (Å²) < 4.78 is 91.8. The number of fused-ring (bicyclic) bond motifs is 2. The lowest BCUT2D eigenvalue weighted by molar-refractivity contribution is -0.439. The van der Waals surface area contributed by atoms with Crippen molar-refractivity contribution in [2.24, 2.45) is 11.8 Å². The zero-order chi connectivity index (χ0) is 36.4. The summed E-state index contributed by atoms with van der Waals surface area (Å²) in [6.45, 7) is 16.4. The maximum Gasteiger partial charge on any atom is 0.416 e. The minimum atomic E-state index is -4.56. The lowest BCUT2D eigenvalue weighted by Crippen LogP contribution is -2.33. The van der Waals surface area contributed by atoms with Crippen LogP contribution in [-0.4, -0.2) is 36.3 Å². The molecule has 0 N–H and O–H groups in total. The largest absolute Gasteiger partial charge is 0.495 e. The third kappa shape index (κ3) is 6.36. The van der Waals surface area contributed by atoms with Crippen molar-refractivity contribution in [2.45, 2.75) is 91.4 Å². The molecule has 1 aliphatic carbocycles. The Balaban J connectivity index is 1.65. The fraction of sp³-hybridized carbons (Fsp3) is 0.487. The molecule has 4 nitrogen and oxygen atoms in total. The van der Waals surface area contributed by atoms with Gasteiger partial charge in [-0.25, -0.2) is 0 Å². The van der Waals surface area contributed by atoms with Crippen LogP contribution in [0.2, 0.25) is 0 Å². The van der Waals surface area contributed by atoms with Crippen molar-refractivity contribution in [1.82, 2.24) is 0 Å². The number of ether oxygens (including phenoxy) is 1. The molecule has 0 bridgehead atoms. The van der Waals surface area contributed by atoms with E-state index < -0.39 is 34.3 Å². The van der Waals surface area contributed by atoms with E-state index in [9.17, 15) is 31.1 Å². The lowest BCUT2D eigenvalue weighted by atomic mass is 9.76. The number of anilines is 1. The summed E-state index contributed by atoms with van der Waals surface area (Å²) in [6.07, 6.45) is -4.22. The molecule has 264 valence electrons. The summed E-state index contributed by atoms with van der Waals surface area (Å²) in [5, 5.41) is 0. The van der Waals surface area contributed by atoms with Crippen LogP contribution in [0.25, 0.3) is 0 Å². The van der Waals surface area contributed by atoms with Gasteiger partial charge < -0.3 is 9.64 Å². The van der Waals surface area contributed by atoms with E-state index >= 15 is 0 Å². The summed E-state index contributed by atoms with van der Waals surface area (Å²) in [6, 6.07) is 7.98. The molecule has 0 fully saturated rings. The fourth-order valence-corrected chi connectivity index (χ4v) is 7.27. The highest BCUT2D eigenvalue weighted by molar-refractivity contribution is 6.24. The number of Topliss-reactive ketones (excluding diaryl/α,β-unsaturated/α-hetero) is 1. The first-order chi connectivity index (χ1) is 22.6. The van der Waals surface area contributed by atoms with Crippen LogP contribution in [0.4, 0.5) is 37.7 Å². The van der Waals surface area contributed by atoms with Crippen LogP contribution in [0.5, 0.6) is 0 Å². The highest BCUT2D eigenvalue weighted by Gasteiger charge is 2.52. The summed E-state index contributed by atoms with van der Waals surface area (Å²) >= 11 is 0. The van der Waals surface area contributed by atoms with E-state index in [-0.39, 0.29) is 28.4 Å². The molecule has 0 saturated heterocycles. The molecule has 0 unspecified atom stereocenters. The monoisotopic (exact) mass is 687 g/mol. The third-order valence-electron chi connectivity index (χ3n) is 10.0. The zero-order valence-corrected chi connectivity index (χ0v) is 29.6. The van der Waals surface area contributed by atoms with Gasteiger partial charge in [-0.3, -0.25) is 4.79 Å². The van der Waals surface area contributed by atoms with E-state index in [2.05, 4.69) is 13.8 Å². The van der Waals surface area contributed by atoms with Crippen molar-refractivity contribution < 1.29 is 40.4 Å². The maximum absolute atomic E-state index is 14.3. The minimum Gasteiger partial charge on any atom is -0.495 e. The number of carbonyl (C=O) groups excluding carboxylic acids is 1. The van der Waals surface area contributed by atoms with E-state index in [1.807, 2.05) is 37.2 Å². The number of allylic oxidation sites excluding steroid dienone is 5. The normalized spacial score (nSPS) is 20.3. The van der Waals surface area contributed by atoms with E-state index in [0.717, 1.165) is 18.6 Å². The standard InChI is InChI=1S/C39H45F6N2O2/c1-22(2)15-17-46-29-14-13-24(38(40,41)42)19-28(29)36(5,6)31(46)20-25-34(48)26(35(25)49-9)21-32-37(7,8)33-27(39(43,44)45)11-10-12-30(33)47(32)18-16-23(3)4/h10-14,19-23H,15-18H2,1-9H3/q+1. The van der Waals surface area contributed by atoms with Crippen LogP contribution < -0.4 is 4.90 Å². The number of carbonyl (C=O) groups is 1. The van der Waals surface area contributed by atoms with Crippen LogP contribution in [-0.2, 0) is 32.7 Å². The second-order valence-electron chi connectivity index (χ2n) is 15.1. The maximum atomic E-state index is 14.3. The average molecular weight is 688 g/mol. The summed E-state index contributed by atoms with van der Waals surface area (Å²) in [5.74, 6) is 0.566. The Bertz CT molecular complexity index is 1800. The van der Waals surface area contributed by atoms with Crippen molar-refractivity contribution in [3.63, 3.8) is 0 Å². The van der Waals surface area contributed by atoms with Crippen LogP contribution >= 0.6 is 0 Å². The molecule has 0 saturated carbocycles. The summed E-state index contributed by atoms with van der Waals surface area (Å²) in [5.41, 5.74) is 0.170. The molecule has 0 amide bonds. The van der Waals surface area contributed by atoms with Crippen LogP contribution in [0.1, 0.15) is 90.5 Å². The predicted octanol–water partition coefficient (Wildman–Crippen LogP) is 10.3. The molecule has 10 heteroatoms. The van der Waals surface area contributed by atoms with Gasteiger partial charge >= 0.3 is 12.4 Å². The van der Waals surface area contributed by atoms with Gasteiger partial charge in [0.05, 0.1) is 40.4 Å². The first-order valence-electron chi connectivity index (χ1n) is 16.7. The minimum absolute atomic E-state index is 0.166. The Kier molecular flexibility index (Phi) is 9.30. The Morgan fingerprint density at radius 1 is 0.878 bits per heavy atom. The van der Waals surface area contributed by atoms with Crippen molar-refractivity contribution in [2.75, 3.05) is 25.1 Å². The molecule has 0 aromatic heterocycles. The van der Waals surface area contributed by atoms with Gasteiger partial charge in [-0.1, -0.05) is 47.6 Å². The number of rotatable bonds is 9. The number of hydrogen-bond acceptors (Lipinski definition) is 3. The predicted molar refractivity (Wildman–Crippen MR) is 180 cm³/mol. The Labute approximate surface area is 284 Å². The van der Waals surface area contributed by atoms with Gasteiger partial charge in [-0.05, 0) is 68.0 Å². The first-order valence-corrected chi connectivity index (χ1v) is 16.7. The second-order valence-corrected chi connectivity index (χ2v) is 15.1. The smallest absolute Gasteiger partial charge is 0.416 e. The Hall–Kier alpha value is -3.82. The van der Waals surface area contributed by atoms with Crippen LogP contribution in [0.3, 0.4) is 0 Å². The van der Waals surface area contributed by atoms with Crippen LogP contribution in [0, 0.1) is 11.8 Å². The number of methoxy groups -OCH3 is 1. The first kappa shape index (κ1) is 36.5. The van der Waals surface area contributed by atoms with Gasteiger partial charge in [0.2, 0.25) is 11.5 Å². The summed E-state index contributed by atoms with van der Waals surface area (Å²) in [4.78, 5) is 16.0. The fourth-order valence-electron chi connectivity index (χ4n) is 7.27. The third-order valence-corrected chi connectivity index (χ3v) is 10.0. The van der Waals surface area contributed by atoms with E-state index in [1.165, 1.54) is 25.3 Å². The SMILES string of the molecule is COC1=C(C=C2N(CCC(C)C)c3ccc(C(F)(F)F)cc3C2(C)C)C(=O)C1=CC1=[N+](CCC(C)C)c2cccc(C(F)(F)F)c2C1(C)C. The number of ketones is 1. The molecule has 0 atom stereocenters. The van der Waals surface area contributed by atoms with E-state index in [4.69, 9.17) is 4.74 Å². The van der Waals surface area contributed by atoms with Crippen molar-refractivity contribution in [1.29, 1.82) is 0 Å². The molecule has 2 heterocycles. The quantitative estimate of drug-likeness (QED) is 0.149. The number of nitrogens with zero attached hydrogens (tertiary/aromatic N) is 2. The molecular weight excluding hydrogens is 642 g/mol. The van der Waals surface area contributed by atoms with Gasteiger partial charge in [0, 0.05) is 41.9 Å². The van der Waals surface area contributed by atoms with Crippen molar-refractivity contribution in [3.8, 4) is 0 Å². The molecule has 5 rings (SSSR count). The molecule has 2 aromatic rings. The molecule has 2 aliphatic heterocycles. The number of hydrogen-bond donors (Lipinski definition) is 0. The molecular formula is C39H45F6N2O2+. The Morgan fingerprint density at radius 2 is 1.53 bits per heavy atom. The van der Waals surface area contributed by atoms with Gasteiger partial charge in [0.15, 0.2) is 5.71 Å². The zero-order valence-electron chi connectivity index (χ0n) is 29.6. The number of halogens is 6.